The first kappa shape index (κ1) is 16.5. The van der Waals surface area contributed by atoms with Crippen molar-refractivity contribution in [3.05, 3.63) is 59.4 Å². The van der Waals surface area contributed by atoms with Gasteiger partial charge < -0.3 is 16.0 Å². The average molecular weight is 312 g/mol. The van der Waals surface area contributed by atoms with Crippen molar-refractivity contribution in [3.8, 4) is 0 Å². The summed E-state index contributed by atoms with van der Waals surface area (Å²) in [7, 11) is 0. The Labute approximate surface area is 135 Å². The van der Waals surface area contributed by atoms with Gasteiger partial charge in [0.25, 0.3) is 5.91 Å². The number of rotatable bonds is 5. The second-order valence-electron chi connectivity index (χ2n) is 5.06. The van der Waals surface area contributed by atoms with Crippen molar-refractivity contribution < 1.29 is 9.59 Å². The van der Waals surface area contributed by atoms with Crippen LogP contribution >= 0.6 is 0 Å². The first-order valence-electron chi connectivity index (χ1n) is 7.42. The van der Waals surface area contributed by atoms with Gasteiger partial charge in [0.2, 0.25) is 0 Å². The molecular formula is C17H20N4O2. The van der Waals surface area contributed by atoms with E-state index in [1.807, 2.05) is 26.0 Å². The Hall–Kier alpha value is -2.89. The van der Waals surface area contributed by atoms with Crippen LogP contribution < -0.4 is 16.0 Å². The summed E-state index contributed by atoms with van der Waals surface area (Å²) < 4.78 is 0. The Morgan fingerprint density at radius 1 is 1.17 bits per heavy atom. The van der Waals surface area contributed by atoms with Crippen molar-refractivity contribution in [2.45, 2.75) is 20.4 Å². The third-order valence-corrected chi connectivity index (χ3v) is 3.25. The Morgan fingerprint density at radius 2 is 2.00 bits per heavy atom. The summed E-state index contributed by atoms with van der Waals surface area (Å²) in [6, 6.07) is 8.57. The number of anilines is 1. The van der Waals surface area contributed by atoms with Gasteiger partial charge in [0, 0.05) is 36.7 Å². The molecule has 0 aliphatic rings. The van der Waals surface area contributed by atoms with Crippen LogP contribution in [0.4, 0.5) is 10.5 Å². The number of benzene rings is 1. The van der Waals surface area contributed by atoms with E-state index in [2.05, 4.69) is 20.9 Å². The van der Waals surface area contributed by atoms with E-state index in [0.717, 1.165) is 11.1 Å². The lowest BCUT2D eigenvalue weighted by molar-refractivity contribution is 0.0955. The van der Waals surface area contributed by atoms with Gasteiger partial charge in [0.15, 0.2) is 0 Å². The van der Waals surface area contributed by atoms with E-state index in [1.165, 1.54) is 0 Å². The topological polar surface area (TPSA) is 83.1 Å². The van der Waals surface area contributed by atoms with Crippen LogP contribution in [0.2, 0.25) is 0 Å². The fourth-order valence-corrected chi connectivity index (χ4v) is 2.06. The summed E-state index contributed by atoms with van der Waals surface area (Å²) in [5.74, 6) is -0.122. The SMILES string of the molecule is CCNC(=O)c1ccc(NC(=O)NCc2cccnc2)c(C)c1. The first-order valence-corrected chi connectivity index (χ1v) is 7.42. The highest BCUT2D eigenvalue weighted by Crippen LogP contribution is 2.16. The fourth-order valence-electron chi connectivity index (χ4n) is 2.06. The van der Waals surface area contributed by atoms with Gasteiger partial charge >= 0.3 is 6.03 Å². The van der Waals surface area contributed by atoms with E-state index in [0.29, 0.717) is 24.3 Å². The smallest absolute Gasteiger partial charge is 0.319 e. The number of carbonyl (C=O) groups is 2. The van der Waals surface area contributed by atoms with E-state index < -0.39 is 0 Å². The maximum Gasteiger partial charge on any atom is 0.319 e. The highest BCUT2D eigenvalue weighted by Gasteiger charge is 2.08. The van der Waals surface area contributed by atoms with Crippen molar-refractivity contribution in [3.63, 3.8) is 0 Å². The molecule has 1 aromatic carbocycles. The Kier molecular flexibility index (Phi) is 5.68. The number of nitrogens with one attached hydrogen (secondary N) is 3. The van der Waals surface area contributed by atoms with E-state index in [4.69, 9.17) is 0 Å². The van der Waals surface area contributed by atoms with Crippen molar-refractivity contribution in [2.24, 2.45) is 0 Å². The summed E-state index contributed by atoms with van der Waals surface area (Å²) in [6.07, 6.45) is 3.38. The second kappa shape index (κ2) is 7.93. The van der Waals surface area contributed by atoms with Crippen molar-refractivity contribution in [2.75, 3.05) is 11.9 Å². The van der Waals surface area contributed by atoms with E-state index in [-0.39, 0.29) is 11.9 Å². The second-order valence-corrected chi connectivity index (χ2v) is 5.06. The van der Waals surface area contributed by atoms with Crippen LogP contribution in [0.25, 0.3) is 0 Å². The quantitative estimate of drug-likeness (QED) is 0.793. The fraction of sp³-hybridized carbons (Fsp3) is 0.235. The van der Waals surface area contributed by atoms with Crippen molar-refractivity contribution in [1.29, 1.82) is 0 Å². The average Bonchev–Trinajstić information content (AvgIpc) is 2.56. The van der Waals surface area contributed by atoms with Gasteiger partial charge in [-0.15, -0.1) is 0 Å². The lowest BCUT2D eigenvalue weighted by Crippen LogP contribution is -2.28. The zero-order chi connectivity index (χ0) is 16.7. The number of aryl methyl sites for hydroxylation is 1. The standard InChI is InChI=1S/C17H20N4O2/c1-3-19-16(22)14-6-7-15(12(2)9-14)21-17(23)20-11-13-5-4-8-18-10-13/h4-10H,3,11H2,1-2H3,(H,19,22)(H2,20,21,23). The molecule has 2 rings (SSSR count). The number of pyridine rings is 1. The summed E-state index contributed by atoms with van der Waals surface area (Å²) in [5.41, 5.74) is 2.99. The molecule has 6 heteroatoms. The van der Waals surface area contributed by atoms with Crippen LogP contribution in [0.3, 0.4) is 0 Å². The highest BCUT2D eigenvalue weighted by molar-refractivity contribution is 5.96. The minimum absolute atomic E-state index is 0.122. The molecule has 3 N–H and O–H groups in total. The Bertz CT molecular complexity index is 686. The molecule has 0 radical (unpaired) electrons. The molecule has 3 amide bonds. The molecule has 0 unspecified atom stereocenters. The van der Waals surface area contributed by atoms with Gasteiger partial charge in [-0.3, -0.25) is 9.78 Å². The number of nitrogens with zero attached hydrogens (tertiary/aromatic N) is 1. The van der Waals surface area contributed by atoms with Crippen LogP contribution in [0.1, 0.15) is 28.4 Å². The predicted molar refractivity (Wildman–Crippen MR) is 89.3 cm³/mol. The lowest BCUT2D eigenvalue weighted by Gasteiger charge is -2.11. The molecule has 1 aromatic heterocycles. The third-order valence-electron chi connectivity index (χ3n) is 3.25. The Morgan fingerprint density at radius 3 is 2.65 bits per heavy atom. The molecule has 0 atom stereocenters. The maximum atomic E-state index is 11.9. The molecule has 120 valence electrons. The van der Waals surface area contributed by atoms with E-state index in [1.54, 1.807) is 30.6 Å². The molecular weight excluding hydrogens is 292 g/mol. The minimum atomic E-state index is -0.303. The minimum Gasteiger partial charge on any atom is -0.352 e. The van der Waals surface area contributed by atoms with Crippen LogP contribution in [0, 0.1) is 6.92 Å². The molecule has 0 aliphatic carbocycles. The number of amides is 3. The van der Waals surface area contributed by atoms with Gasteiger partial charge in [-0.1, -0.05) is 6.07 Å². The predicted octanol–water partition coefficient (Wildman–Crippen LogP) is 2.46. The first-order chi connectivity index (χ1) is 11.1. The molecule has 6 nitrogen and oxygen atoms in total. The molecule has 0 spiro atoms. The molecule has 23 heavy (non-hydrogen) atoms. The molecule has 0 fully saturated rings. The molecule has 0 aliphatic heterocycles. The van der Waals surface area contributed by atoms with Crippen molar-refractivity contribution in [1.82, 2.24) is 15.6 Å². The van der Waals surface area contributed by atoms with Crippen LogP contribution in [-0.2, 0) is 6.54 Å². The molecule has 0 saturated carbocycles. The van der Waals surface area contributed by atoms with Crippen molar-refractivity contribution >= 4 is 17.6 Å². The van der Waals surface area contributed by atoms with Gasteiger partial charge in [-0.25, -0.2) is 4.79 Å². The largest absolute Gasteiger partial charge is 0.352 e. The van der Waals surface area contributed by atoms with Gasteiger partial charge in [-0.05, 0) is 49.2 Å². The third kappa shape index (κ3) is 4.81. The molecule has 0 saturated heterocycles. The molecule has 2 aromatic rings. The lowest BCUT2D eigenvalue weighted by atomic mass is 10.1. The number of hydrogen-bond acceptors (Lipinski definition) is 3. The highest BCUT2D eigenvalue weighted by atomic mass is 16.2. The normalized spacial score (nSPS) is 10.0. The van der Waals surface area contributed by atoms with Gasteiger partial charge in [-0.2, -0.15) is 0 Å². The number of hydrogen-bond donors (Lipinski definition) is 3. The van der Waals surface area contributed by atoms with Gasteiger partial charge in [0.05, 0.1) is 0 Å². The Balaban J connectivity index is 1.94. The summed E-state index contributed by atoms with van der Waals surface area (Å²) in [4.78, 5) is 27.7. The van der Waals surface area contributed by atoms with E-state index in [9.17, 15) is 9.59 Å². The van der Waals surface area contributed by atoms with E-state index >= 15 is 0 Å². The number of aromatic nitrogens is 1. The number of urea groups is 1. The summed E-state index contributed by atoms with van der Waals surface area (Å²) in [5, 5.41) is 8.28. The monoisotopic (exact) mass is 312 g/mol. The zero-order valence-corrected chi connectivity index (χ0v) is 13.2. The maximum absolute atomic E-state index is 11.9. The number of carbonyl (C=O) groups excluding carboxylic acids is 2. The summed E-state index contributed by atoms with van der Waals surface area (Å²) >= 11 is 0. The molecule has 1 heterocycles. The molecule has 0 bridgehead atoms. The van der Waals surface area contributed by atoms with Gasteiger partial charge in [0.1, 0.15) is 0 Å². The summed E-state index contributed by atoms with van der Waals surface area (Å²) in [6.45, 7) is 4.69. The zero-order valence-electron chi connectivity index (χ0n) is 13.2. The van der Waals surface area contributed by atoms with Crippen LogP contribution in [0.5, 0.6) is 0 Å². The van der Waals surface area contributed by atoms with Crippen LogP contribution in [0.15, 0.2) is 42.7 Å². The van der Waals surface area contributed by atoms with Crippen LogP contribution in [-0.4, -0.2) is 23.5 Å².